The largest absolute Gasteiger partial charge is 0.377 e. The van der Waals surface area contributed by atoms with Gasteiger partial charge in [-0.25, -0.2) is 9.36 Å². The van der Waals surface area contributed by atoms with E-state index in [1.807, 2.05) is 30.3 Å². The molecule has 31 heavy (non-hydrogen) atoms. The number of rotatable bonds is 5. The zero-order valence-corrected chi connectivity index (χ0v) is 16.3. The van der Waals surface area contributed by atoms with E-state index in [0.717, 1.165) is 5.69 Å². The van der Waals surface area contributed by atoms with Gasteiger partial charge in [0, 0.05) is 18.5 Å². The summed E-state index contributed by atoms with van der Waals surface area (Å²) in [4.78, 5) is 26.6. The minimum absolute atomic E-state index is 0.167. The molecule has 5 rings (SSSR count). The second-order valence-corrected chi connectivity index (χ2v) is 6.96. The normalized spacial score (nSPS) is 18.2. The number of hydrogen-bond acceptors (Lipinski definition) is 7. The van der Waals surface area contributed by atoms with Gasteiger partial charge in [-0.3, -0.25) is 9.59 Å². The summed E-state index contributed by atoms with van der Waals surface area (Å²) in [7, 11) is 0. The van der Waals surface area contributed by atoms with Crippen molar-refractivity contribution in [2.45, 2.75) is 12.1 Å². The molecule has 3 aromatic heterocycles. The lowest BCUT2D eigenvalue weighted by atomic mass is 10.1. The van der Waals surface area contributed by atoms with Crippen molar-refractivity contribution in [1.29, 1.82) is 0 Å². The molecule has 4 aromatic rings. The number of carbonyl (C=O) groups is 1. The van der Waals surface area contributed by atoms with Gasteiger partial charge in [0.05, 0.1) is 31.1 Å². The van der Waals surface area contributed by atoms with E-state index in [2.05, 4.69) is 25.7 Å². The van der Waals surface area contributed by atoms with E-state index >= 15 is 0 Å². The van der Waals surface area contributed by atoms with Gasteiger partial charge in [0.1, 0.15) is 6.04 Å². The van der Waals surface area contributed by atoms with Crippen molar-refractivity contribution >= 4 is 5.91 Å². The second kappa shape index (κ2) is 7.95. The van der Waals surface area contributed by atoms with E-state index < -0.39 is 18.0 Å². The number of amides is 1. The molecule has 1 aliphatic rings. The smallest absolute Gasteiger partial charge is 0.273 e. The average Bonchev–Trinajstić information content (AvgIpc) is 3.56. The summed E-state index contributed by atoms with van der Waals surface area (Å²) in [6.07, 6.45) is 4.76. The van der Waals surface area contributed by atoms with Gasteiger partial charge >= 0.3 is 0 Å². The fraction of sp³-hybridized carbons (Fsp3) is 0.200. The summed E-state index contributed by atoms with van der Waals surface area (Å²) in [5.74, 6) is 0.0892. The van der Waals surface area contributed by atoms with Crippen LogP contribution in [0.15, 0.2) is 71.9 Å². The first-order chi connectivity index (χ1) is 15.2. The number of hydrogen-bond donors (Lipinski definition) is 1. The van der Waals surface area contributed by atoms with Crippen LogP contribution in [-0.4, -0.2) is 59.7 Å². The third kappa shape index (κ3) is 3.73. The van der Waals surface area contributed by atoms with E-state index in [4.69, 9.17) is 4.74 Å². The lowest BCUT2D eigenvalue weighted by Gasteiger charge is -2.20. The highest BCUT2D eigenvalue weighted by atomic mass is 16.5. The van der Waals surface area contributed by atoms with E-state index in [-0.39, 0.29) is 24.5 Å². The zero-order valence-electron chi connectivity index (χ0n) is 16.3. The quantitative estimate of drug-likeness (QED) is 0.497. The van der Waals surface area contributed by atoms with E-state index in [9.17, 15) is 9.59 Å². The molecule has 1 N–H and O–H groups in total. The molecule has 0 aliphatic carbocycles. The minimum atomic E-state index is -0.462. The molecule has 1 saturated heterocycles. The molecule has 2 atom stereocenters. The van der Waals surface area contributed by atoms with Crippen molar-refractivity contribution in [3.05, 3.63) is 83.2 Å². The van der Waals surface area contributed by atoms with Crippen LogP contribution in [0.3, 0.4) is 0 Å². The van der Waals surface area contributed by atoms with Crippen LogP contribution >= 0.6 is 0 Å². The molecule has 11 nitrogen and oxygen atoms in total. The molecule has 1 amide bonds. The maximum absolute atomic E-state index is 12.8. The molecule has 156 valence electrons. The van der Waals surface area contributed by atoms with Crippen LogP contribution in [0.5, 0.6) is 0 Å². The van der Waals surface area contributed by atoms with Crippen LogP contribution in [0.2, 0.25) is 0 Å². The number of para-hydroxylation sites is 1. The molecule has 11 heteroatoms. The zero-order chi connectivity index (χ0) is 21.2. The van der Waals surface area contributed by atoms with E-state index in [1.165, 1.54) is 21.7 Å². The summed E-state index contributed by atoms with van der Waals surface area (Å²) >= 11 is 0. The predicted octanol–water partition coefficient (Wildman–Crippen LogP) is 0.380. The molecule has 1 aromatic carbocycles. The second-order valence-electron chi connectivity index (χ2n) is 6.96. The standard InChI is InChI=1S/C20H18N8O3/c29-19-8-7-18(26-10-4-9-21-26)25-27(19)17-13-31-12-16(17)23-20(30)15-11-22-28(24-15)14-5-2-1-3-6-14/h1-11,16-17H,12-13H2,(H,23,30). The lowest BCUT2D eigenvalue weighted by molar-refractivity contribution is 0.0919. The summed E-state index contributed by atoms with van der Waals surface area (Å²) < 4.78 is 8.43. The highest BCUT2D eigenvalue weighted by Gasteiger charge is 2.33. The van der Waals surface area contributed by atoms with Crippen molar-refractivity contribution < 1.29 is 9.53 Å². The van der Waals surface area contributed by atoms with Gasteiger partial charge < -0.3 is 10.1 Å². The number of carbonyl (C=O) groups excluding carboxylic acids is 1. The third-order valence-corrected chi connectivity index (χ3v) is 4.94. The Balaban J connectivity index is 1.36. The highest BCUT2D eigenvalue weighted by Crippen LogP contribution is 2.18. The van der Waals surface area contributed by atoms with Gasteiger partial charge in [-0.05, 0) is 24.3 Å². The fourth-order valence-electron chi connectivity index (χ4n) is 3.40. The van der Waals surface area contributed by atoms with Crippen molar-refractivity contribution in [3.8, 4) is 11.5 Å². The van der Waals surface area contributed by atoms with Gasteiger partial charge in [-0.2, -0.15) is 15.0 Å². The first-order valence-corrected chi connectivity index (χ1v) is 9.65. The molecular formula is C20H18N8O3. The molecule has 4 heterocycles. The van der Waals surface area contributed by atoms with Crippen molar-refractivity contribution in [1.82, 2.24) is 39.9 Å². The third-order valence-electron chi connectivity index (χ3n) is 4.94. The summed E-state index contributed by atoms with van der Waals surface area (Å²) in [5.41, 5.74) is 0.621. The summed E-state index contributed by atoms with van der Waals surface area (Å²) in [5, 5.41) is 19.8. The van der Waals surface area contributed by atoms with Crippen LogP contribution in [0.4, 0.5) is 0 Å². The van der Waals surface area contributed by atoms with Gasteiger partial charge in [0.15, 0.2) is 11.5 Å². The van der Waals surface area contributed by atoms with E-state index in [0.29, 0.717) is 5.82 Å². The van der Waals surface area contributed by atoms with Crippen LogP contribution in [0, 0.1) is 0 Å². The summed E-state index contributed by atoms with van der Waals surface area (Å²) in [6.45, 7) is 0.500. The first kappa shape index (κ1) is 18.9. The summed E-state index contributed by atoms with van der Waals surface area (Å²) in [6, 6.07) is 13.2. The van der Waals surface area contributed by atoms with Crippen LogP contribution in [-0.2, 0) is 4.74 Å². The first-order valence-electron chi connectivity index (χ1n) is 9.65. The molecule has 0 bridgehead atoms. The number of benzene rings is 1. The number of ether oxygens (including phenoxy) is 1. The topological polar surface area (TPSA) is 122 Å². The Morgan fingerprint density at radius 3 is 2.71 bits per heavy atom. The molecule has 2 unspecified atom stereocenters. The number of nitrogens with one attached hydrogen (secondary N) is 1. The maximum atomic E-state index is 12.8. The van der Waals surface area contributed by atoms with Gasteiger partial charge in [-0.15, -0.1) is 10.2 Å². The highest BCUT2D eigenvalue weighted by molar-refractivity contribution is 5.92. The van der Waals surface area contributed by atoms with Crippen molar-refractivity contribution in [2.75, 3.05) is 13.2 Å². The van der Waals surface area contributed by atoms with Gasteiger partial charge in [0.2, 0.25) is 0 Å². The number of nitrogens with zero attached hydrogens (tertiary/aromatic N) is 7. The van der Waals surface area contributed by atoms with Gasteiger partial charge in [-0.1, -0.05) is 18.2 Å². The van der Waals surface area contributed by atoms with Crippen molar-refractivity contribution in [3.63, 3.8) is 0 Å². The fourth-order valence-corrected chi connectivity index (χ4v) is 3.40. The average molecular weight is 418 g/mol. The Hall–Kier alpha value is -4.12. The SMILES string of the molecule is O=C(NC1COCC1n1nc(-n2cccn2)ccc1=O)c1cnn(-c2ccccc2)n1. The molecule has 0 radical (unpaired) electrons. The Bertz CT molecular complexity index is 1250. The maximum Gasteiger partial charge on any atom is 0.273 e. The number of aromatic nitrogens is 7. The van der Waals surface area contributed by atoms with Gasteiger partial charge in [0.25, 0.3) is 11.5 Å². The van der Waals surface area contributed by atoms with Crippen molar-refractivity contribution in [2.24, 2.45) is 0 Å². The Morgan fingerprint density at radius 1 is 1.03 bits per heavy atom. The molecule has 0 spiro atoms. The van der Waals surface area contributed by atoms with Crippen LogP contribution in [0.1, 0.15) is 16.5 Å². The molecule has 1 fully saturated rings. The predicted molar refractivity (Wildman–Crippen MR) is 108 cm³/mol. The monoisotopic (exact) mass is 418 g/mol. The molecule has 0 saturated carbocycles. The lowest BCUT2D eigenvalue weighted by Crippen LogP contribution is -2.44. The Labute approximate surface area is 175 Å². The Morgan fingerprint density at radius 2 is 1.90 bits per heavy atom. The van der Waals surface area contributed by atoms with E-state index in [1.54, 1.807) is 29.2 Å². The van der Waals surface area contributed by atoms with Crippen LogP contribution in [0.25, 0.3) is 11.5 Å². The van der Waals surface area contributed by atoms with Crippen LogP contribution < -0.4 is 10.9 Å². The minimum Gasteiger partial charge on any atom is -0.377 e. The molecular weight excluding hydrogens is 400 g/mol. The Kier molecular flexibility index (Phi) is 4.84. The molecule has 1 aliphatic heterocycles.